The quantitative estimate of drug-likeness (QED) is 0.844. The number of anilines is 1. The number of aromatic nitrogens is 1. The van der Waals surface area contributed by atoms with E-state index in [9.17, 15) is 8.42 Å². The first-order valence-corrected chi connectivity index (χ1v) is 6.09. The van der Waals surface area contributed by atoms with Crippen molar-refractivity contribution >= 4 is 15.9 Å². The minimum Gasteiger partial charge on any atom is -0.337 e. The van der Waals surface area contributed by atoms with Gasteiger partial charge in [0.1, 0.15) is 0 Å². The van der Waals surface area contributed by atoms with E-state index in [4.69, 9.17) is 4.52 Å². The third-order valence-electron chi connectivity index (χ3n) is 2.19. The van der Waals surface area contributed by atoms with Crippen LogP contribution in [0.2, 0.25) is 0 Å². The van der Waals surface area contributed by atoms with Crippen LogP contribution in [0.25, 0.3) is 0 Å². The van der Waals surface area contributed by atoms with E-state index in [-0.39, 0.29) is 5.88 Å². The summed E-state index contributed by atoms with van der Waals surface area (Å²) >= 11 is 0. The molecule has 0 aliphatic rings. The maximum atomic E-state index is 11.8. The molecule has 0 unspecified atom stereocenters. The van der Waals surface area contributed by atoms with E-state index < -0.39 is 14.8 Å². The molecule has 0 aromatic carbocycles. The lowest BCUT2D eigenvalue weighted by atomic mass is 10.3. The van der Waals surface area contributed by atoms with Crippen molar-refractivity contribution in [2.45, 2.75) is 39.4 Å². The van der Waals surface area contributed by atoms with Crippen LogP contribution in [-0.2, 0) is 10.0 Å². The van der Waals surface area contributed by atoms with Crippen LogP contribution < -0.4 is 4.72 Å². The largest absolute Gasteiger partial charge is 0.337 e. The van der Waals surface area contributed by atoms with Crippen molar-refractivity contribution in [2.24, 2.45) is 0 Å². The molecule has 15 heavy (non-hydrogen) atoms. The Bertz CT molecular complexity index is 454. The van der Waals surface area contributed by atoms with Crippen molar-refractivity contribution in [3.63, 3.8) is 0 Å². The van der Waals surface area contributed by atoms with E-state index in [1.54, 1.807) is 34.6 Å². The maximum Gasteiger partial charge on any atom is 0.241 e. The first kappa shape index (κ1) is 12.0. The zero-order chi connectivity index (χ0) is 11.9. The predicted molar refractivity (Wildman–Crippen MR) is 58.3 cm³/mol. The molecule has 1 aromatic rings. The van der Waals surface area contributed by atoms with Gasteiger partial charge in [-0.05, 0) is 34.6 Å². The molecule has 0 atom stereocenters. The first-order valence-electron chi connectivity index (χ1n) is 4.60. The Morgan fingerprint density at radius 2 is 1.80 bits per heavy atom. The topological polar surface area (TPSA) is 72.2 Å². The Kier molecular flexibility index (Phi) is 2.82. The van der Waals surface area contributed by atoms with Crippen molar-refractivity contribution in [2.75, 3.05) is 4.72 Å². The van der Waals surface area contributed by atoms with Crippen LogP contribution in [-0.4, -0.2) is 18.3 Å². The summed E-state index contributed by atoms with van der Waals surface area (Å²) in [6.07, 6.45) is 0. The number of sulfonamides is 1. The predicted octanol–water partition coefficient (Wildman–Crippen LogP) is 1.83. The molecule has 86 valence electrons. The SMILES string of the molecule is Cc1noc(NS(=O)(=O)C(C)(C)C)c1C. The second kappa shape index (κ2) is 3.52. The van der Waals surface area contributed by atoms with Crippen LogP contribution in [0.15, 0.2) is 4.52 Å². The van der Waals surface area contributed by atoms with Crippen LogP contribution in [0.4, 0.5) is 5.88 Å². The van der Waals surface area contributed by atoms with Crippen molar-refractivity contribution in [3.05, 3.63) is 11.3 Å². The lowest BCUT2D eigenvalue weighted by Crippen LogP contribution is -2.33. The first-order chi connectivity index (χ1) is 6.65. The number of aryl methyl sites for hydroxylation is 1. The van der Waals surface area contributed by atoms with Crippen LogP contribution in [0.5, 0.6) is 0 Å². The number of hydrogen-bond acceptors (Lipinski definition) is 4. The molecule has 0 aliphatic carbocycles. The van der Waals surface area contributed by atoms with Gasteiger partial charge in [-0.2, -0.15) is 0 Å². The maximum absolute atomic E-state index is 11.8. The fourth-order valence-electron chi connectivity index (χ4n) is 0.786. The fraction of sp³-hybridized carbons (Fsp3) is 0.667. The summed E-state index contributed by atoms with van der Waals surface area (Å²) in [4.78, 5) is 0. The van der Waals surface area contributed by atoms with E-state index in [2.05, 4.69) is 9.88 Å². The zero-order valence-electron chi connectivity index (χ0n) is 9.58. The molecule has 0 spiro atoms. The molecule has 0 saturated heterocycles. The monoisotopic (exact) mass is 232 g/mol. The van der Waals surface area contributed by atoms with Gasteiger partial charge < -0.3 is 4.52 Å². The molecule has 1 rings (SSSR count). The van der Waals surface area contributed by atoms with E-state index >= 15 is 0 Å². The third-order valence-corrected chi connectivity index (χ3v) is 4.26. The van der Waals surface area contributed by atoms with E-state index in [1.165, 1.54) is 0 Å². The van der Waals surface area contributed by atoms with Gasteiger partial charge in [0, 0.05) is 5.56 Å². The Morgan fingerprint density at radius 3 is 2.13 bits per heavy atom. The zero-order valence-corrected chi connectivity index (χ0v) is 10.4. The van der Waals surface area contributed by atoms with E-state index in [1.807, 2.05) is 0 Å². The van der Waals surface area contributed by atoms with Crippen LogP contribution in [0.1, 0.15) is 32.0 Å². The molecule has 0 radical (unpaired) electrons. The molecule has 0 bridgehead atoms. The molecule has 1 aromatic heterocycles. The lowest BCUT2D eigenvalue weighted by Gasteiger charge is -2.18. The van der Waals surface area contributed by atoms with Crippen molar-refractivity contribution in [1.29, 1.82) is 0 Å². The summed E-state index contributed by atoms with van der Waals surface area (Å²) in [5.41, 5.74) is 1.39. The molecule has 0 fully saturated rings. The highest BCUT2D eigenvalue weighted by Crippen LogP contribution is 2.23. The summed E-state index contributed by atoms with van der Waals surface area (Å²) in [5.74, 6) is 0.197. The smallest absolute Gasteiger partial charge is 0.241 e. The molecular formula is C9H16N2O3S. The Hall–Kier alpha value is -1.04. The van der Waals surface area contributed by atoms with Crippen molar-refractivity contribution < 1.29 is 12.9 Å². The van der Waals surface area contributed by atoms with Gasteiger partial charge in [0.15, 0.2) is 0 Å². The lowest BCUT2D eigenvalue weighted by molar-refractivity contribution is 0.429. The van der Waals surface area contributed by atoms with Gasteiger partial charge in [0.2, 0.25) is 15.9 Å². The second-order valence-corrected chi connectivity index (χ2v) is 6.88. The van der Waals surface area contributed by atoms with Gasteiger partial charge in [-0.15, -0.1) is 0 Å². The molecule has 0 amide bonds. The second-order valence-electron chi connectivity index (χ2n) is 4.44. The van der Waals surface area contributed by atoms with Gasteiger partial charge in [0.25, 0.3) is 0 Å². The van der Waals surface area contributed by atoms with E-state index in [0.717, 1.165) is 0 Å². The fourth-order valence-corrected chi connectivity index (χ4v) is 1.53. The average Bonchev–Trinajstić information content (AvgIpc) is 2.33. The number of rotatable bonds is 2. The number of hydrogen-bond donors (Lipinski definition) is 1. The summed E-state index contributed by atoms with van der Waals surface area (Å²) in [7, 11) is -3.44. The summed E-state index contributed by atoms with van der Waals surface area (Å²) < 4.78 is 30.0. The standard InChI is InChI=1S/C9H16N2O3S/c1-6-7(2)10-14-8(6)11-15(12,13)9(3,4)5/h11H,1-5H3. The highest BCUT2D eigenvalue weighted by atomic mass is 32.2. The highest BCUT2D eigenvalue weighted by molar-refractivity contribution is 7.94. The number of nitrogens with one attached hydrogen (secondary N) is 1. The Morgan fingerprint density at radius 1 is 1.27 bits per heavy atom. The molecule has 1 N–H and O–H groups in total. The van der Waals surface area contributed by atoms with Gasteiger partial charge in [-0.25, -0.2) is 8.42 Å². The van der Waals surface area contributed by atoms with Crippen LogP contribution >= 0.6 is 0 Å². The molecule has 5 nitrogen and oxygen atoms in total. The average molecular weight is 232 g/mol. The summed E-state index contributed by atoms with van der Waals surface area (Å²) in [5, 5.41) is 3.68. The van der Waals surface area contributed by atoms with Gasteiger partial charge in [-0.3, -0.25) is 4.72 Å². The summed E-state index contributed by atoms with van der Waals surface area (Å²) in [6.45, 7) is 8.37. The molecule has 1 heterocycles. The Labute approximate surface area is 89.9 Å². The Balaban J connectivity index is 3.03. The number of nitrogens with zero attached hydrogens (tertiary/aromatic N) is 1. The normalized spacial score (nSPS) is 12.9. The minimum atomic E-state index is -3.44. The molecular weight excluding hydrogens is 216 g/mol. The third kappa shape index (κ3) is 2.31. The van der Waals surface area contributed by atoms with Gasteiger partial charge in [-0.1, -0.05) is 5.16 Å². The highest BCUT2D eigenvalue weighted by Gasteiger charge is 2.30. The van der Waals surface area contributed by atoms with Crippen molar-refractivity contribution in [1.82, 2.24) is 5.16 Å². The van der Waals surface area contributed by atoms with Gasteiger partial charge >= 0.3 is 0 Å². The molecule has 6 heteroatoms. The van der Waals surface area contributed by atoms with Gasteiger partial charge in [0.05, 0.1) is 10.4 Å². The van der Waals surface area contributed by atoms with E-state index in [0.29, 0.717) is 11.3 Å². The van der Waals surface area contributed by atoms with Crippen LogP contribution in [0.3, 0.4) is 0 Å². The van der Waals surface area contributed by atoms with Crippen molar-refractivity contribution in [3.8, 4) is 0 Å². The van der Waals surface area contributed by atoms with Crippen LogP contribution in [0, 0.1) is 13.8 Å². The molecule has 0 aliphatic heterocycles. The molecule has 0 saturated carbocycles. The minimum absolute atomic E-state index is 0.197. The summed E-state index contributed by atoms with van der Waals surface area (Å²) in [6, 6.07) is 0.